The van der Waals surface area contributed by atoms with Crippen molar-refractivity contribution in [3.63, 3.8) is 0 Å². The second-order valence-electron chi connectivity index (χ2n) is 4.81. The quantitative estimate of drug-likeness (QED) is 0.724. The number of rotatable bonds is 7. The summed E-state index contributed by atoms with van der Waals surface area (Å²) in [5.41, 5.74) is 0.998. The Bertz CT molecular complexity index is 489. The first-order chi connectivity index (χ1) is 9.13. The number of hydrogen-bond acceptors (Lipinski definition) is 3. The molecule has 1 aliphatic carbocycles. The van der Waals surface area contributed by atoms with Crippen LogP contribution in [0.4, 0.5) is 0 Å². The molecule has 106 valence electrons. The van der Waals surface area contributed by atoms with Gasteiger partial charge in [-0.3, -0.25) is 4.98 Å². The minimum atomic E-state index is -3.21. The predicted molar refractivity (Wildman–Crippen MR) is 76.8 cm³/mol. The van der Waals surface area contributed by atoms with Gasteiger partial charge in [-0.05, 0) is 37.0 Å². The van der Waals surface area contributed by atoms with Crippen LogP contribution in [0.25, 0.3) is 0 Å². The fourth-order valence-electron chi connectivity index (χ4n) is 2.22. The maximum absolute atomic E-state index is 12.4. The number of pyridine rings is 1. The summed E-state index contributed by atoms with van der Waals surface area (Å²) >= 11 is 5.73. The van der Waals surface area contributed by atoms with Crippen molar-refractivity contribution >= 4 is 21.6 Å². The van der Waals surface area contributed by atoms with Gasteiger partial charge in [-0.15, -0.1) is 11.6 Å². The van der Waals surface area contributed by atoms with Crippen molar-refractivity contribution in [2.75, 3.05) is 18.2 Å². The Balaban J connectivity index is 1.99. The van der Waals surface area contributed by atoms with Crippen LogP contribution < -0.4 is 0 Å². The number of aryl methyl sites for hydroxylation is 1. The van der Waals surface area contributed by atoms with E-state index in [0.29, 0.717) is 18.8 Å². The van der Waals surface area contributed by atoms with Gasteiger partial charge >= 0.3 is 0 Å². The van der Waals surface area contributed by atoms with Gasteiger partial charge < -0.3 is 0 Å². The molecular weight excluding hydrogens is 284 g/mol. The van der Waals surface area contributed by atoms with Crippen molar-refractivity contribution in [1.29, 1.82) is 0 Å². The van der Waals surface area contributed by atoms with Crippen molar-refractivity contribution in [1.82, 2.24) is 9.29 Å². The third-order valence-corrected chi connectivity index (χ3v) is 5.63. The normalized spacial score (nSPS) is 16.5. The molecule has 0 amide bonds. The minimum Gasteiger partial charge on any atom is -0.265 e. The highest BCUT2D eigenvalue weighted by Crippen LogP contribution is 2.27. The van der Waals surface area contributed by atoms with E-state index in [1.165, 1.54) is 0 Å². The molecule has 1 aromatic rings. The van der Waals surface area contributed by atoms with Crippen LogP contribution in [-0.4, -0.2) is 41.9 Å². The third-order valence-electron chi connectivity index (χ3n) is 3.54. The Hall–Kier alpha value is -0.650. The molecule has 19 heavy (non-hydrogen) atoms. The monoisotopic (exact) mass is 302 g/mol. The van der Waals surface area contributed by atoms with Gasteiger partial charge in [0, 0.05) is 30.9 Å². The molecule has 0 bridgehead atoms. The molecule has 0 N–H and O–H groups in total. The molecule has 1 heterocycles. The second-order valence-corrected chi connectivity index (χ2v) is 7.22. The van der Waals surface area contributed by atoms with Gasteiger partial charge in [-0.1, -0.05) is 6.42 Å². The lowest BCUT2D eigenvalue weighted by atomic mass is 9.93. The van der Waals surface area contributed by atoms with Crippen LogP contribution in [0.3, 0.4) is 0 Å². The summed E-state index contributed by atoms with van der Waals surface area (Å²) in [6, 6.07) is 3.87. The summed E-state index contributed by atoms with van der Waals surface area (Å²) in [6.07, 6.45) is 6.94. The molecule has 1 aromatic heterocycles. The molecule has 0 saturated heterocycles. The lowest BCUT2D eigenvalue weighted by molar-refractivity contribution is 0.227. The molecule has 0 aromatic carbocycles. The first kappa shape index (κ1) is 14.8. The fraction of sp³-hybridized carbons (Fsp3) is 0.615. The standard InChI is InChI=1S/C13H19ClN2O2S/c14-7-10-16(13-2-1-3-13)19(17,18)11-6-12-4-8-15-9-5-12/h4-5,8-9,13H,1-3,6-7,10-11H2. The Morgan fingerprint density at radius 2 is 2.00 bits per heavy atom. The Morgan fingerprint density at radius 1 is 1.32 bits per heavy atom. The van der Waals surface area contributed by atoms with Gasteiger partial charge in [0.1, 0.15) is 0 Å². The Morgan fingerprint density at radius 3 is 2.53 bits per heavy atom. The van der Waals surface area contributed by atoms with Crippen LogP contribution >= 0.6 is 11.6 Å². The van der Waals surface area contributed by atoms with E-state index in [2.05, 4.69) is 4.98 Å². The van der Waals surface area contributed by atoms with E-state index < -0.39 is 10.0 Å². The van der Waals surface area contributed by atoms with Crippen LogP contribution in [0.15, 0.2) is 24.5 Å². The van der Waals surface area contributed by atoms with Gasteiger partial charge in [0.25, 0.3) is 0 Å². The molecule has 6 heteroatoms. The van der Waals surface area contributed by atoms with Crippen molar-refractivity contribution < 1.29 is 8.42 Å². The van der Waals surface area contributed by atoms with Crippen LogP contribution in [-0.2, 0) is 16.4 Å². The molecule has 0 unspecified atom stereocenters. The van der Waals surface area contributed by atoms with E-state index in [-0.39, 0.29) is 11.8 Å². The summed E-state index contributed by atoms with van der Waals surface area (Å²) < 4.78 is 26.4. The maximum Gasteiger partial charge on any atom is 0.214 e. The lowest BCUT2D eigenvalue weighted by Gasteiger charge is -2.36. The largest absolute Gasteiger partial charge is 0.265 e. The fourth-order valence-corrected chi connectivity index (χ4v) is 4.27. The van der Waals surface area contributed by atoms with Gasteiger partial charge in [0.2, 0.25) is 10.0 Å². The third kappa shape index (κ3) is 3.91. The molecule has 4 nitrogen and oxygen atoms in total. The van der Waals surface area contributed by atoms with E-state index in [0.717, 1.165) is 24.8 Å². The molecule has 0 spiro atoms. The highest BCUT2D eigenvalue weighted by molar-refractivity contribution is 7.89. The van der Waals surface area contributed by atoms with Gasteiger partial charge in [0.05, 0.1) is 5.75 Å². The number of alkyl halides is 1. The molecule has 0 radical (unpaired) electrons. The predicted octanol–water partition coefficient (Wildman–Crippen LogP) is 2.05. The first-order valence-corrected chi connectivity index (χ1v) is 8.72. The number of halogens is 1. The zero-order chi connectivity index (χ0) is 13.7. The van der Waals surface area contributed by atoms with E-state index in [1.807, 2.05) is 12.1 Å². The molecule has 1 aliphatic rings. The lowest BCUT2D eigenvalue weighted by Crippen LogP contribution is -2.46. The summed E-state index contributed by atoms with van der Waals surface area (Å²) in [7, 11) is -3.21. The average Bonchev–Trinajstić information content (AvgIpc) is 2.35. The minimum absolute atomic E-state index is 0.143. The molecule has 0 atom stereocenters. The molecule has 0 aliphatic heterocycles. The molecule has 1 saturated carbocycles. The van der Waals surface area contributed by atoms with Crippen molar-refractivity contribution in [2.24, 2.45) is 0 Å². The molecular formula is C13H19ClN2O2S. The van der Waals surface area contributed by atoms with E-state index >= 15 is 0 Å². The van der Waals surface area contributed by atoms with Crippen LogP contribution in [0.2, 0.25) is 0 Å². The zero-order valence-electron chi connectivity index (χ0n) is 10.8. The van der Waals surface area contributed by atoms with Crippen molar-refractivity contribution in [2.45, 2.75) is 31.7 Å². The molecule has 2 rings (SSSR count). The number of sulfonamides is 1. The van der Waals surface area contributed by atoms with Crippen LogP contribution in [0.5, 0.6) is 0 Å². The number of aromatic nitrogens is 1. The topological polar surface area (TPSA) is 50.3 Å². The summed E-state index contributed by atoms with van der Waals surface area (Å²) in [6.45, 7) is 0.422. The van der Waals surface area contributed by atoms with Crippen LogP contribution in [0.1, 0.15) is 24.8 Å². The second kappa shape index (κ2) is 6.68. The smallest absolute Gasteiger partial charge is 0.214 e. The first-order valence-electron chi connectivity index (χ1n) is 6.58. The van der Waals surface area contributed by atoms with Crippen molar-refractivity contribution in [3.8, 4) is 0 Å². The zero-order valence-corrected chi connectivity index (χ0v) is 12.4. The van der Waals surface area contributed by atoms with E-state index in [9.17, 15) is 8.42 Å². The van der Waals surface area contributed by atoms with Crippen LogP contribution in [0, 0.1) is 0 Å². The number of hydrogen-bond donors (Lipinski definition) is 0. The summed E-state index contributed by atoms with van der Waals surface area (Å²) in [5, 5.41) is 0. The summed E-state index contributed by atoms with van der Waals surface area (Å²) in [5.74, 6) is 0.495. The van der Waals surface area contributed by atoms with E-state index in [1.54, 1.807) is 16.7 Å². The average molecular weight is 303 g/mol. The van der Waals surface area contributed by atoms with Crippen molar-refractivity contribution in [3.05, 3.63) is 30.1 Å². The Labute approximate surface area is 119 Å². The van der Waals surface area contributed by atoms with Gasteiger partial charge in [-0.25, -0.2) is 8.42 Å². The number of nitrogens with zero attached hydrogens (tertiary/aromatic N) is 2. The van der Waals surface area contributed by atoms with E-state index in [4.69, 9.17) is 11.6 Å². The van der Waals surface area contributed by atoms with Gasteiger partial charge in [-0.2, -0.15) is 4.31 Å². The Kier molecular flexibility index (Phi) is 5.19. The molecule has 1 fully saturated rings. The van der Waals surface area contributed by atoms with Gasteiger partial charge in [0.15, 0.2) is 0 Å². The SMILES string of the molecule is O=S(=O)(CCc1ccncc1)N(CCCl)C1CCC1. The highest BCUT2D eigenvalue weighted by Gasteiger charge is 2.32. The summed E-state index contributed by atoms with van der Waals surface area (Å²) in [4.78, 5) is 3.93. The highest BCUT2D eigenvalue weighted by atomic mass is 35.5. The maximum atomic E-state index is 12.4.